The Kier molecular flexibility index (Phi) is 7.01. The van der Waals surface area contributed by atoms with Gasteiger partial charge in [0.1, 0.15) is 0 Å². The molecule has 1 fully saturated rings. The molecule has 1 heterocycles. The van der Waals surface area contributed by atoms with Gasteiger partial charge in [-0.05, 0) is 25.5 Å². The number of halogens is 2. The number of piperazine rings is 1. The fourth-order valence-corrected chi connectivity index (χ4v) is 2.70. The molecule has 6 nitrogen and oxygen atoms in total. The molecule has 1 aliphatic rings. The number of nitrogens with zero attached hydrogens (tertiary/aromatic N) is 2. The summed E-state index contributed by atoms with van der Waals surface area (Å²) in [7, 11) is 0. The van der Waals surface area contributed by atoms with Gasteiger partial charge in [0.2, 0.25) is 5.91 Å². The first kappa shape index (κ1) is 19.5. The van der Waals surface area contributed by atoms with Crippen molar-refractivity contribution in [3.8, 4) is 0 Å². The van der Waals surface area contributed by atoms with Gasteiger partial charge in [-0.3, -0.25) is 9.69 Å². The van der Waals surface area contributed by atoms with Crippen molar-refractivity contribution in [3.05, 3.63) is 29.0 Å². The summed E-state index contributed by atoms with van der Waals surface area (Å²) in [6.45, 7) is 6.46. The molecule has 1 saturated heterocycles. The van der Waals surface area contributed by atoms with Crippen LogP contribution < -0.4 is 10.6 Å². The van der Waals surface area contributed by atoms with Crippen molar-refractivity contribution in [1.82, 2.24) is 15.1 Å². The summed E-state index contributed by atoms with van der Waals surface area (Å²) < 4.78 is 13.9. The van der Waals surface area contributed by atoms with E-state index >= 15 is 0 Å². The highest BCUT2D eigenvalue weighted by Crippen LogP contribution is 2.22. The summed E-state index contributed by atoms with van der Waals surface area (Å²) >= 11 is 5.71. The van der Waals surface area contributed by atoms with Crippen LogP contribution in [0.4, 0.5) is 14.9 Å². The van der Waals surface area contributed by atoms with E-state index in [0.29, 0.717) is 32.7 Å². The number of benzene rings is 1. The molecule has 0 radical (unpaired) electrons. The highest BCUT2D eigenvalue weighted by atomic mass is 35.5. The minimum Gasteiger partial charge on any atom is -0.353 e. The second-order valence-corrected chi connectivity index (χ2v) is 6.58. The predicted molar refractivity (Wildman–Crippen MR) is 96.3 cm³/mol. The molecule has 1 aromatic carbocycles. The van der Waals surface area contributed by atoms with E-state index in [9.17, 15) is 14.0 Å². The summed E-state index contributed by atoms with van der Waals surface area (Å²) in [5.41, 5.74) is 0.0628. The molecule has 0 spiro atoms. The number of hydrogen-bond acceptors (Lipinski definition) is 3. The number of rotatable bonds is 5. The summed E-state index contributed by atoms with van der Waals surface area (Å²) in [5.74, 6) is -0.647. The maximum Gasteiger partial charge on any atom is 0.322 e. The maximum absolute atomic E-state index is 13.9. The lowest BCUT2D eigenvalue weighted by atomic mass is 10.2. The Labute approximate surface area is 152 Å². The Morgan fingerprint density at radius 1 is 1.28 bits per heavy atom. The zero-order valence-corrected chi connectivity index (χ0v) is 15.3. The van der Waals surface area contributed by atoms with E-state index < -0.39 is 5.82 Å². The number of nitrogens with one attached hydrogen (secondary N) is 2. The molecular weight excluding hydrogens is 347 g/mol. The summed E-state index contributed by atoms with van der Waals surface area (Å²) in [5, 5.41) is 5.43. The lowest BCUT2D eigenvalue weighted by Crippen LogP contribution is -2.52. The summed E-state index contributed by atoms with van der Waals surface area (Å²) in [6.07, 6.45) is 0.889. The predicted octanol–water partition coefficient (Wildman–Crippen LogP) is 2.54. The molecule has 1 atom stereocenters. The standard InChI is InChI=1S/C17H24ClFN4O2/c1-3-12(2)20-15(24)11-22-7-9-23(10-8-22)17(25)21-14-6-4-5-13(18)16(14)19/h4-6,12H,3,7-11H2,1-2H3,(H,20,24)(H,21,25). The van der Waals surface area contributed by atoms with E-state index in [-0.39, 0.29) is 28.7 Å². The number of urea groups is 1. The molecule has 0 aliphatic carbocycles. The number of hydrogen-bond donors (Lipinski definition) is 2. The first-order valence-corrected chi connectivity index (χ1v) is 8.80. The van der Waals surface area contributed by atoms with E-state index in [2.05, 4.69) is 10.6 Å². The summed E-state index contributed by atoms with van der Waals surface area (Å²) in [6, 6.07) is 4.26. The fourth-order valence-electron chi connectivity index (χ4n) is 2.53. The minimum atomic E-state index is -0.641. The van der Waals surface area contributed by atoms with Crippen LogP contribution >= 0.6 is 11.6 Å². The lowest BCUT2D eigenvalue weighted by Gasteiger charge is -2.34. The molecule has 138 valence electrons. The maximum atomic E-state index is 13.9. The first-order valence-electron chi connectivity index (χ1n) is 8.42. The third kappa shape index (κ3) is 5.57. The Bertz CT molecular complexity index is 621. The van der Waals surface area contributed by atoms with Crippen LogP contribution in [0, 0.1) is 5.82 Å². The second kappa shape index (κ2) is 9.01. The molecule has 1 aromatic rings. The molecule has 1 aliphatic heterocycles. The lowest BCUT2D eigenvalue weighted by molar-refractivity contribution is -0.123. The quantitative estimate of drug-likeness (QED) is 0.837. The van der Waals surface area contributed by atoms with Crippen molar-refractivity contribution in [2.24, 2.45) is 0 Å². The van der Waals surface area contributed by atoms with Crippen molar-refractivity contribution in [1.29, 1.82) is 0 Å². The molecule has 25 heavy (non-hydrogen) atoms. The molecule has 1 unspecified atom stereocenters. The third-order valence-corrected chi connectivity index (χ3v) is 4.53. The van der Waals surface area contributed by atoms with Crippen molar-refractivity contribution in [3.63, 3.8) is 0 Å². The first-order chi connectivity index (χ1) is 11.9. The van der Waals surface area contributed by atoms with Crippen molar-refractivity contribution >= 4 is 29.2 Å². The van der Waals surface area contributed by atoms with Gasteiger partial charge < -0.3 is 15.5 Å². The van der Waals surface area contributed by atoms with E-state index in [0.717, 1.165) is 6.42 Å². The van der Waals surface area contributed by atoms with Gasteiger partial charge >= 0.3 is 6.03 Å². The van der Waals surface area contributed by atoms with E-state index in [4.69, 9.17) is 11.6 Å². The number of amides is 3. The van der Waals surface area contributed by atoms with E-state index in [1.54, 1.807) is 11.0 Å². The van der Waals surface area contributed by atoms with Gasteiger partial charge in [-0.2, -0.15) is 0 Å². The largest absolute Gasteiger partial charge is 0.353 e. The molecule has 0 saturated carbocycles. The van der Waals surface area contributed by atoms with Gasteiger partial charge in [0, 0.05) is 32.2 Å². The minimum absolute atomic E-state index is 0.00625. The Hall–Kier alpha value is -1.86. The van der Waals surface area contributed by atoms with E-state index in [1.165, 1.54) is 12.1 Å². The monoisotopic (exact) mass is 370 g/mol. The highest BCUT2D eigenvalue weighted by molar-refractivity contribution is 6.31. The van der Waals surface area contributed by atoms with Gasteiger partial charge in [0.15, 0.2) is 5.82 Å². The van der Waals surface area contributed by atoms with Gasteiger partial charge in [0.25, 0.3) is 0 Å². The Balaban J connectivity index is 1.80. The Morgan fingerprint density at radius 3 is 2.60 bits per heavy atom. The Morgan fingerprint density at radius 2 is 1.96 bits per heavy atom. The molecule has 3 amide bonds. The average molecular weight is 371 g/mol. The van der Waals surface area contributed by atoms with Crippen LogP contribution in [0.1, 0.15) is 20.3 Å². The zero-order chi connectivity index (χ0) is 18.4. The molecule has 2 rings (SSSR count). The van der Waals surface area contributed by atoms with Crippen LogP contribution in [-0.2, 0) is 4.79 Å². The SMILES string of the molecule is CCC(C)NC(=O)CN1CCN(C(=O)Nc2cccc(Cl)c2F)CC1. The smallest absolute Gasteiger partial charge is 0.322 e. The van der Waals surface area contributed by atoms with Crippen LogP contribution in [-0.4, -0.2) is 60.5 Å². The third-order valence-electron chi connectivity index (χ3n) is 4.24. The van der Waals surface area contributed by atoms with Crippen molar-refractivity contribution in [2.45, 2.75) is 26.3 Å². The number of carbonyl (C=O) groups excluding carboxylic acids is 2. The van der Waals surface area contributed by atoms with Gasteiger partial charge in [-0.25, -0.2) is 9.18 Å². The molecule has 0 bridgehead atoms. The molecular formula is C17H24ClFN4O2. The van der Waals surface area contributed by atoms with E-state index in [1.807, 2.05) is 18.7 Å². The number of carbonyl (C=O) groups is 2. The average Bonchev–Trinajstić information content (AvgIpc) is 2.59. The molecule has 8 heteroatoms. The van der Waals surface area contributed by atoms with Gasteiger partial charge in [-0.1, -0.05) is 24.6 Å². The van der Waals surface area contributed by atoms with Crippen LogP contribution in [0.5, 0.6) is 0 Å². The van der Waals surface area contributed by atoms with Crippen LogP contribution in [0.2, 0.25) is 5.02 Å². The van der Waals surface area contributed by atoms with Crippen molar-refractivity contribution < 1.29 is 14.0 Å². The van der Waals surface area contributed by atoms with Crippen LogP contribution in [0.3, 0.4) is 0 Å². The van der Waals surface area contributed by atoms with Crippen LogP contribution in [0.15, 0.2) is 18.2 Å². The number of anilines is 1. The van der Waals surface area contributed by atoms with Gasteiger partial charge in [0.05, 0.1) is 17.3 Å². The summed E-state index contributed by atoms with van der Waals surface area (Å²) in [4.78, 5) is 27.8. The zero-order valence-electron chi connectivity index (χ0n) is 14.5. The van der Waals surface area contributed by atoms with Gasteiger partial charge in [-0.15, -0.1) is 0 Å². The normalized spacial score (nSPS) is 16.4. The second-order valence-electron chi connectivity index (χ2n) is 6.17. The topological polar surface area (TPSA) is 64.7 Å². The highest BCUT2D eigenvalue weighted by Gasteiger charge is 2.23. The fraction of sp³-hybridized carbons (Fsp3) is 0.529. The molecule has 2 N–H and O–H groups in total. The molecule has 0 aromatic heterocycles. The van der Waals surface area contributed by atoms with Crippen LogP contribution in [0.25, 0.3) is 0 Å². The van der Waals surface area contributed by atoms with Crippen molar-refractivity contribution in [2.75, 3.05) is 38.0 Å².